The molecule has 1 aromatic rings. The molecule has 2 bridgehead atoms. The van der Waals surface area contributed by atoms with Crippen molar-refractivity contribution in [3.63, 3.8) is 0 Å². The van der Waals surface area contributed by atoms with E-state index < -0.39 is 5.60 Å². The fourth-order valence-electron chi connectivity index (χ4n) is 3.53. The molecule has 3 nitrogen and oxygen atoms in total. The topological polar surface area (TPSA) is 40.5 Å². The summed E-state index contributed by atoms with van der Waals surface area (Å²) in [5, 5.41) is 9.77. The fourth-order valence-corrected chi connectivity index (χ4v) is 3.53. The van der Waals surface area contributed by atoms with E-state index in [4.69, 9.17) is 0 Å². The minimum Gasteiger partial charge on any atom is -0.390 e. The van der Waals surface area contributed by atoms with Crippen molar-refractivity contribution in [2.45, 2.75) is 38.7 Å². The van der Waals surface area contributed by atoms with Gasteiger partial charge in [-0.15, -0.1) is 0 Å². The predicted octanol–water partition coefficient (Wildman–Crippen LogP) is 2.18. The normalized spacial score (nSPS) is 32.4. The summed E-state index contributed by atoms with van der Waals surface area (Å²) in [6.07, 6.45) is 1.94. The van der Waals surface area contributed by atoms with Crippen molar-refractivity contribution in [3.8, 4) is 0 Å². The van der Waals surface area contributed by atoms with E-state index in [1.165, 1.54) is 5.56 Å². The summed E-state index contributed by atoms with van der Waals surface area (Å²) in [6, 6.07) is 6.03. The molecule has 1 N–H and O–H groups in total. The van der Waals surface area contributed by atoms with Crippen LogP contribution in [0.2, 0.25) is 0 Å². The molecule has 3 heteroatoms. The zero-order chi connectivity index (χ0) is 13.1. The van der Waals surface area contributed by atoms with Gasteiger partial charge in [-0.1, -0.05) is 12.1 Å². The van der Waals surface area contributed by atoms with Crippen LogP contribution in [-0.4, -0.2) is 23.7 Å². The molecule has 0 aliphatic heterocycles. The number of hydrogen-bond donors (Lipinski definition) is 1. The highest BCUT2D eigenvalue weighted by molar-refractivity contribution is 6.00. The molecular weight excluding hydrogens is 226 g/mol. The second kappa shape index (κ2) is 3.35. The first kappa shape index (κ1) is 11.7. The lowest BCUT2D eigenvalue weighted by Crippen LogP contribution is -2.72. The average Bonchev–Trinajstić information content (AvgIpc) is 2.25. The Morgan fingerprint density at radius 2 is 1.89 bits per heavy atom. The first-order valence-electron chi connectivity index (χ1n) is 6.44. The summed E-state index contributed by atoms with van der Waals surface area (Å²) < 4.78 is 0. The van der Waals surface area contributed by atoms with E-state index in [-0.39, 0.29) is 11.3 Å². The number of aliphatic hydroxyl groups is 1. The Morgan fingerprint density at radius 3 is 2.44 bits per heavy atom. The van der Waals surface area contributed by atoms with Gasteiger partial charge in [0.2, 0.25) is 5.91 Å². The summed E-state index contributed by atoms with van der Waals surface area (Å²) in [5.74, 6) is 0.159. The maximum absolute atomic E-state index is 12.5. The van der Waals surface area contributed by atoms with Gasteiger partial charge >= 0.3 is 0 Å². The average molecular weight is 245 g/mol. The Morgan fingerprint density at radius 1 is 1.28 bits per heavy atom. The van der Waals surface area contributed by atoms with Crippen molar-refractivity contribution >= 4 is 11.6 Å². The number of hydrogen-bond acceptors (Lipinski definition) is 2. The smallest absolute Gasteiger partial charge is 0.233 e. The lowest BCUT2D eigenvalue weighted by Gasteiger charge is -2.66. The second-order valence-electron chi connectivity index (χ2n) is 6.12. The lowest BCUT2D eigenvalue weighted by atomic mass is 9.41. The van der Waals surface area contributed by atoms with Crippen LogP contribution in [0.1, 0.15) is 30.4 Å². The molecule has 0 radical (unpaired) electrons. The van der Waals surface area contributed by atoms with Crippen LogP contribution in [0.25, 0.3) is 0 Å². The number of anilines is 1. The second-order valence-corrected chi connectivity index (χ2v) is 6.12. The maximum atomic E-state index is 12.5. The van der Waals surface area contributed by atoms with Gasteiger partial charge < -0.3 is 10.0 Å². The molecule has 96 valence electrons. The van der Waals surface area contributed by atoms with Gasteiger partial charge in [-0.25, -0.2) is 0 Å². The fraction of sp³-hybridized carbons (Fsp3) is 0.533. The van der Waals surface area contributed by atoms with Crippen LogP contribution in [0.5, 0.6) is 0 Å². The maximum Gasteiger partial charge on any atom is 0.233 e. The number of benzene rings is 1. The van der Waals surface area contributed by atoms with Crippen LogP contribution in [0, 0.1) is 19.3 Å². The highest BCUT2D eigenvalue weighted by Gasteiger charge is 2.71. The molecule has 0 aromatic heterocycles. The monoisotopic (exact) mass is 245 g/mol. The lowest BCUT2D eigenvalue weighted by molar-refractivity contribution is -0.248. The summed E-state index contributed by atoms with van der Waals surface area (Å²) in [7, 11) is 1.84. The Kier molecular flexibility index (Phi) is 2.18. The van der Waals surface area contributed by atoms with Crippen LogP contribution < -0.4 is 4.90 Å². The SMILES string of the molecule is Cc1cccc(N(C)C(=O)C23CC(O)(C2)C3)c1C. The molecule has 3 aliphatic rings. The van der Waals surface area contributed by atoms with E-state index in [1.807, 2.05) is 26.1 Å². The molecule has 0 atom stereocenters. The third-order valence-corrected chi connectivity index (χ3v) is 4.70. The molecule has 3 fully saturated rings. The summed E-state index contributed by atoms with van der Waals surface area (Å²) in [4.78, 5) is 14.3. The van der Waals surface area contributed by atoms with E-state index in [2.05, 4.69) is 13.0 Å². The standard InChI is InChI=1S/C15H19NO2/c1-10-5-4-6-12(11(10)2)16(3)13(17)14-7-15(18,8-14)9-14/h4-6,18H,7-9H2,1-3H3. The van der Waals surface area contributed by atoms with E-state index >= 15 is 0 Å². The Hall–Kier alpha value is -1.35. The molecular formula is C15H19NO2. The predicted molar refractivity (Wildman–Crippen MR) is 70.6 cm³/mol. The molecule has 1 amide bonds. The molecule has 0 spiro atoms. The van der Waals surface area contributed by atoms with E-state index in [0.717, 1.165) is 11.3 Å². The molecule has 0 saturated heterocycles. The van der Waals surface area contributed by atoms with Gasteiger partial charge in [-0.3, -0.25) is 4.79 Å². The molecule has 0 unspecified atom stereocenters. The summed E-state index contributed by atoms with van der Waals surface area (Å²) in [6.45, 7) is 4.10. The Labute approximate surface area is 107 Å². The first-order valence-corrected chi connectivity index (χ1v) is 6.44. The number of carbonyl (C=O) groups is 1. The number of amides is 1. The van der Waals surface area contributed by atoms with Crippen LogP contribution in [-0.2, 0) is 4.79 Å². The van der Waals surface area contributed by atoms with Crippen molar-refractivity contribution in [3.05, 3.63) is 29.3 Å². The van der Waals surface area contributed by atoms with Gasteiger partial charge in [0, 0.05) is 12.7 Å². The third kappa shape index (κ3) is 1.37. The molecule has 0 heterocycles. The summed E-state index contributed by atoms with van der Waals surface area (Å²) in [5.41, 5.74) is 2.55. The molecule has 4 rings (SSSR count). The highest BCUT2D eigenvalue weighted by atomic mass is 16.3. The van der Waals surface area contributed by atoms with Gasteiger partial charge in [0.1, 0.15) is 0 Å². The summed E-state index contributed by atoms with van der Waals surface area (Å²) >= 11 is 0. The van der Waals surface area contributed by atoms with Crippen molar-refractivity contribution in [1.29, 1.82) is 0 Å². The van der Waals surface area contributed by atoms with Crippen molar-refractivity contribution in [2.75, 3.05) is 11.9 Å². The van der Waals surface area contributed by atoms with Crippen LogP contribution >= 0.6 is 0 Å². The van der Waals surface area contributed by atoms with Gasteiger partial charge in [0.15, 0.2) is 0 Å². The molecule has 1 aromatic carbocycles. The quantitative estimate of drug-likeness (QED) is 0.867. The van der Waals surface area contributed by atoms with Crippen LogP contribution in [0.15, 0.2) is 18.2 Å². The Balaban J connectivity index is 1.85. The zero-order valence-corrected chi connectivity index (χ0v) is 11.2. The van der Waals surface area contributed by atoms with E-state index in [9.17, 15) is 9.90 Å². The van der Waals surface area contributed by atoms with Crippen molar-refractivity contribution < 1.29 is 9.90 Å². The first-order chi connectivity index (χ1) is 8.37. The number of aryl methyl sites for hydroxylation is 1. The van der Waals surface area contributed by atoms with Crippen LogP contribution in [0.3, 0.4) is 0 Å². The van der Waals surface area contributed by atoms with Gasteiger partial charge in [-0.2, -0.15) is 0 Å². The molecule has 3 saturated carbocycles. The number of rotatable bonds is 2. The zero-order valence-electron chi connectivity index (χ0n) is 11.2. The van der Waals surface area contributed by atoms with E-state index in [1.54, 1.807) is 4.90 Å². The third-order valence-electron chi connectivity index (χ3n) is 4.70. The number of nitrogens with zero attached hydrogens (tertiary/aromatic N) is 1. The van der Waals surface area contributed by atoms with Crippen molar-refractivity contribution in [2.24, 2.45) is 5.41 Å². The number of carbonyl (C=O) groups excluding carboxylic acids is 1. The van der Waals surface area contributed by atoms with Gasteiger partial charge in [0.05, 0.1) is 11.0 Å². The van der Waals surface area contributed by atoms with E-state index in [0.29, 0.717) is 19.3 Å². The molecule has 18 heavy (non-hydrogen) atoms. The largest absolute Gasteiger partial charge is 0.390 e. The molecule has 3 aliphatic carbocycles. The van der Waals surface area contributed by atoms with Gasteiger partial charge in [0.25, 0.3) is 0 Å². The Bertz CT molecular complexity index is 516. The highest BCUT2D eigenvalue weighted by Crippen LogP contribution is 2.67. The van der Waals surface area contributed by atoms with Crippen LogP contribution in [0.4, 0.5) is 5.69 Å². The minimum absolute atomic E-state index is 0.159. The minimum atomic E-state index is -0.516. The van der Waals surface area contributed by atoms with Gasteiger partial charge in [-0.05, 0) is 50.3 Å². The van der Waals surface area contributed by atoms with Crippen molar-refractivity contribution in [1.82, 2.24) is 0 Å².